The van der Waals surface area contributed by atoms with E-state index in [1.807, 2.05) is 25.1 Å². The van der Waals surface area contributed by atoms with E-state index in [1.54, 1.807) is 24.3 Å². The van der Waals surface area contributed by atoms with Crippen molar-refractivity contribution in [3.63, 3.8) is 0 Å². The van der Waals surface area contributed by atoms with Crippen molar-refractivity contribution in [3.05, 3.63) is 65.0 Å². The standard InChI is InChI=1S/C16H14N2O2/c1-11-5-4-6-12(17-11)9-10-18-15(19)13-7-2-3-8-14(13)16(18)20/h2-8H,9-10H2,1H3. The topological polar surface area (TPSA) is 50.3 Å². The summed E-state index contributed by atoms with van der Waals surface area (Å²) in [6.45, 7) is 2.29. The minimum absolute atomic E-state index is 0.210. The Morgan fingerprint density at radius 2 is 1.60 bits per heavy atom. The van der Waals surface area contributed by atoms with E-state index in [0.717, 1.165) is 11.4 Å². The van der Waals surface area contributed by atoms with Gasteiger partial charge in [-0.3, -0.25) is 19.5 Å². The van der Waals surface area contributed by atoms with Crippen molar-refractivity contribution in [2.45, 2.75) is 13.3 Å². The summed E-state index contributed by atoms with van der Waals surface area (Å²) in [7, 11) is 0. The molecule has 0 fully saturated rings. The van der Waals surface area contributed by atoms with Crippen molar-refractivity contribution >= 4 is 11.8 Å². The Balaban J connectivity index is 1.77. The zero-order chi connectivity index (χ0) is 14.1. The Bertz CT molecular complexity index is 659. The summed E-state index contributed by atoms with van der Waals surface area (Å²) in [6, 6.07) is 12.7. The average molecular weight is 266 g/mol. The molecule has 0 N–H and O–H groups in total. The summed E-state index contributed by atoms with van der Waals surface area (Å²) in [5.41, 5.74) is 2.82. The number of nitrogens with zero attached hydrogens (tertiary/aromatic N) is 2. The van der Waals surface area contributed by atoms with E-state index in [4.69, 9.17) is 0 Å². The van der Waals surface area contributed by atoms with E-state index in [2.05, 4.69) is 4.98 Å². The highest BCUT2D eigenvalue weighted by molar-refractivity contribution is 6.21. The fraction of sp³-hybridized carbons (Fsp3) is 0.188. The number of hydrogen-bond acceptors (Lipinski definition) is 3. The summed E-state index contributed by atoms with van der Waals surface area (Å²) in [4.78, 5) is 30.0. The molecule has 4 heteroatoms. The number of aryl methyl sites for hydroxylation is 1. The summed E-state index contributed by atoms with van der Waals surface area (Å²) >= 11 is 0. The number of imide groups is 1. The second kappa shape index (κ2) is 4.89. The van der Waals surface area contributed by atoms with E-state index in [9.17, 15) is 9.59 Å². The van der Waals surface area contributed by atoms with Crippen LogP contribution >= 0.6 is 0 Å². The number of rotatable bonds is 3. The predicted octanol–water partition coefficient (Wildman–Crippen LogP) is 2.23. The molecule has 0 saturated heterocycles. The number of hydrogen-bond donors (Lipinski definition) is 0. The zero-order valence-corrected chi connectivity index (χ0v) is 11.2. The molecule has 2 amide bonds. The Hall–Kier alpha value is -2.49. The van der Waals surface area contributed by atoms with E-state index < -0.39 is 0 Å². The van der Waals surface area contributed by atoms with Crippen LogP contribution < -0.4 is 0 Å². The lowest BCUT2D eigenvalue weighted by molar-refractivity contribution is 0.0656. The molecule has 0 radical (unpaired) electrons. The van der Waals surface area contributed by atoms with Gasteiger partial charge in [0.1, 0.15) is 0 Å². The first-order chi connectivity index (χ1) is 9.66. The molecule has 1 aliphatic heterocycles. The molecule has 2 heterocycles. The van der Waals surface area contributed by atoms with Crippen LogP contribution in [0.15, 0.2) is 42.5 Å². The first-order valence-electron chi connectivity index (χ1n) is 6.54. The average Bonchev–Trinajstić information content (AvgIpc) is 2.70. The van der Waals surface area contributed by atoms with E-state index >= 15 is 0 Å². The van der Waals surface area contributed by atoms with Crippen LogP contribution in [0.25, 0.3) is 0 Å². The molecule has 20 heavy (non-hydrogen) atoms. The number of aromatic nitrogens is 1. The summed E-state index contributed by atoms with van der Waals surface area (Å²) in [5.74, 6) is -0.420. The van der Waals surface area contributed by atoms with Crippen LogP contribution in [0.5, 0.6) is 0 Å². The third-order valence-corrected chi connectivity index (χ3v) is 3.42. The molecule has 2 aromatic rings. The molecule has 1 aromatic carbocycles. The summed E-state index contributed by atoms with van der Waals surface area (Å²) < 4.78 is 0. The minimum atomic E-state index is -0.210. The maximum Gasteiger partial charge on any atom is 0.261 e. The first kappa shape index (κ1) is 12.5. The van der Waals surface area contributed by atoms with Crippen molar-refractivity contribution in [3.8, 4) is 0 Å². The minimum Gasteiger partial charge on any atom is -0.274 e. The van der Waals surface area contributed by atoms with Gasteiger partial charge >= 0.3 is 0 Å². The number of fused-ring (bicyclic) bond motifs is 1. The lowest BCUT2D eigenvalue weighted by Crippen LogP contribution is -2.31. The molecular formula is C16H14N2O2. The number of pyridine rings is 1. The van der Waals surface area contributed by atoms with Gasteiger partial charge in [0.15, 0.2) is 0 Å². The van der Waals surface area contributed by atoms with Crippen molar-refractivity contribution < 1.29 is 9.59 Å². The molecular weight excluding hydrogens is 252 g/mol. The number of amides is 2. The summed E-state index contributed by atoms with van der Waals surface area (Å²) in [5, 5.41) is 0. The lowest BCUT2D eigenvalue weighted by atomic mass is 10.1. The monoisotopic (exact) mass is 266 g/mol. The third kappa shape index (κ3) is 2.09. The SMILES string of the molecule is Cc1cccc(CCN2C(=O)c3ccccc3C2=O)n1. The Labute approximate surface area is 117 Å². The largest absolute Gasteiger partial charge is 0.274 e. The van der Waals surface area contributed by atoms with Gasteiger partial charge in [0.2, 0.25) is 0 Å². The maximum absolute atomic E-state index is 12.2. The Morgan fingerprint density at radius 1 is 0.950 bits per heavy atom. The molecule has 100 valence electrons. The Morgan fingerprint density at radius 3 is 2.20 bits per heavy atom. The maximum atomic E-state index is 12.2. The molecule has 1 aromatic heterocycles. The van der Waals surface area contributed by atoms with Crippen molar-refractivity contribution in [1.29, 1.82) is 0 Å². The fourth-order valence-electron chi connectivity index (χ4n) is 2.41. The molecule has 0 bridgehead atoms. The molecule has 4 nitrogen and oxygen atoms in total. The Kier molecular flexibility index (Phi) is 3.06. The van der Waals surface area contributed by atoms with Gasteiger partial charge in [0.25, 0.3) is 11.8 Å². The molecule has 1 aliphatic rings. The van der Waals surface area contributed by atoms with Crippen LogP contribution in [0.4, 0.5) is 0 Å². The van der Waals surface area contributed by atoms with E-state index in [-0.39, 0.29) is 11.8 Å². The number of benzene rings is 1. The van der Waals surface area contributed by atoms with Gasteiger partial charge in [-0.2, -0.15) is 0 Å². The van der Waals surface area contributed by atoms with Crippen LogP contribution in [0, 0.1) is 6.92 Å². The molecule has 0 spiro atoms. The van der Waals surface area contributed by atoms with Gasteiger partial charge in [0, 0.05) is 24.4 Å². The van der Waals surface area contributed by atoms with Crippen LogP contribution in [-0.2, 0) is 6.42 Å². The predicted molar refractivity (Wildman–Crippen MR) is 74.5 cm³/mol. The highest BCUT2D eigenvalue weighted by Gasteiger charge is 2.34. The molecule has 0 saturated carbocycles. The molecule has 3 rings (SSSR count). The van der Waals surface area contributed by atoms with Crippen LogP contribution in [0.3, 0.4) is 0 Å². The highest BCUT2D eigenvalue weighted by Crippen LogP contribution is 2.22. The first-order valence-corrected chi connectivity index (χ1v) is 6.54. The van der Waals surface area contributed by atoms with Gasteiger partial charge in [-0.05, 0) is 31.2 Å². The van der Waals surface area contributed by atoms with Crippen LogP contribution in [-0.4, -0.2) is 28.2 Å². The van der Waals surface area contributed by atoms with Crippen LogP contribution in [0.1, 0.15) is 32.1 Å². The molecule has 0 atom stereocenters. The lowest BCUT2D eigenvalue weighted by Gasteiger charge is -2.13. The normalized spacial score (nSPS) is 13.8. The van der Waals surface area contributed by atoms with Crippen molar-refractivity contribution in [1.82, 2.24) is 9.88 Å². The highest BCUT2D eigenvalue weighted by atomic mass is 16.2. The number of carbonyl (C=O) groups is 2. The molecule has 0 unspecified atom stereocenters. The van der Waals surface area contributed by atoms with E-state index in [1.165, 1.54) is 4.90 Å². The van der Waals surface area contributed by atoms with Crippen LogP contribution in [0.2, 0.25) is 0 Å². The second-order valence-electron chi connectivity index (χ2n) is 4.83. The van der Waals surface area contributed by atoms with Gasteiger partial charge in [-0.15, -0.1) is 0 Å². The second-order valence-corrected chi connectivity index (χ2v) is 4.83. The van der Waals surface area contributed by atoms with Crippen molar-refractivity contribution in [2.24, 2.45) is 0 Å². The third-order valence-electron chi connectivity index (χ3n) is 3.42. The van der Waals surface area contributed by atoms with Crippen molar-refractivity contribution in [2.75, 3.05) is 6.54 Å². The van der Waals surface area contributed by atoms with Gasteiger partial charge in [0.05, 0.1) is 11.1 Å². The van der Waals surface area contributed by atoms with E-state index in [0.29, 0.717) is 24.1 Å². The smallest absolute Gasteiger partial charge is 0.261 e. The zero-order valence-electron chi connectivity index (χ0n) is 11.2. The quantitative estimate of drug-likeness (QED) is 0.800. The van der Waals surface area contributed by atoms with Gasteiger partial charge < -0.3 is 0 Å². The number of carbonyl (C=O) groups excluding carboxylic acids is 2. The van der Waals surface area contributed by atoms with Gasteiger partial charge in [-0.25, -0.2) is 0 Å². The fourth-order valence-corrected chi connectivity index (χ4v) is 2.41. The molecule has 0 aliphatic carbocycles. The summed E-state index contributed by atoms with van der Waals surface area (Å²) in [6.07, 6.45) is 0.577. The van der Waals surface area contributed by atoms with Gasteiger partial charge in [-0.1, -0.05) is 18.2 Å².